The quantitative estimate of drug-likeness (QED) is 0.279. The van der Waals surface area contributed by atoms with Crippen molar-refractivity contribution in [3.8, 4) is 17.3 Å². The SMILES string of the molecule is COc1cc(C(=O)N2C[C@H](N)[C@@H]3CC[C@H]2C3)cc2nc(-c3cc4ccc([C@@H](C)NC(=O)C56CC(F)(C5)C6)nc4n3CC3CC3)n(C)c12. The van der Waals surface area contributed by atoms with Crippen molar-refractivity contribution in [1.29, 1.82) is 0 Å². The molecule has 1 aliphatic heterocycles. The Labute approximate surface area is 272 Å². The maximum absolute atomic E-state index is 14.1. The number of carbonyl (C=O) groups is 2. The van der Waals surface area contributed by atoms with Crippen LogP contribution in [0.15, 0.2) is 30.3 Å². The summed E-state index contributed by atoms with van der Waals surface area (Å²) in [5.74, 6) is 2.38. The minimum absolute atomic E-state index is 0.0165. The van der Waals surface area contributed by atoms with Crippen molar-refractivity contribution >= 4 is 33.9 Å². The Bertz CT molecular complexity index is 1960. The van der Waals surface area contributed by atoms with Crippen molar-refractivity contribution in [2.75, 3.05) is 13.7 Å². The number of nitrogens with zero attached hydrogens (tertiary/aromatic N) is 5. The highest BCUT2D eigenvalue weighted by Crippen LogP contribution is 2.69. The van der Waals surface area contributed by atoms with Crippen molar-refractivity contribution in [2.45, 2.75) is 88.6 Å². The molecule has 1 saturated heterocycles. The molecule has 246 valence electrons. The number of nitrogens with two attached hydrogens (primary N) is 1. The van der Waals surface area contributed by atoms with Gasteiger partial charge in [-0.2, -0.15) is 0 Å². The summed E-state index contributed by atoms with van der Waals surface area (Å²) in [6, 6.07) is 9.84. The molecule has 5 aliphatic carbocycles. The van der Waals surface area contributed by atoms with Crippen LogP contribution in [0.2, 0.25) is 0 Å². The van der Waals surface area contributed by atoms with Gasteiger partial charge in [0, 0.05) is 43.2 Å². The number of amides is 2. The third-order valence-corrected chi connectivity index (χ3v) is 11.9. The summed E-state index contributed by atoms with van der Waals surface area (Å²) < 4.78 is 24.3. The average Bonchev–Trinajstić information content (AvgIpc) is 3.49. The van der Waals surface area contributed by atoms with Gasteiger partial charge in [0.25, 0.3) is 5.91 Å². The van der Waals surface area contributed by atoms with Crippen LogP contribution >= 0.6 is 0 Å². The summed E-state index contributed by atoms with van der Waals surface area (Å²) in [5, 5.41) is 4.11. The third-order valence-electron chi connectivity index (χ3n) is 11.9. The summed E-state index contributed by atoms with van der Waals surface area (Å²) >= 11 is 0. The number of ether oxygens (including phenoxy) is 1. The number of piperidine rings is 1. The molecule has 4 atom stereocenters. The Balaban J connectivity index is 1.07. The minimum atomic E-state index is -1.12. The molecule has 5 saturated carbocycles. The normalized spacial score (nSPS) is 29.9. The van der Waals surface area contributed by atoms with Crippen LogP contribution in [0.4, 0.5) is 4.39 Å². The summed E-state index contributed by atoms with van der Waals surface area (Å²) in [5.41, 5.74) is 9.47. The standard InChI is InChI=1S/C36H42FN7O3/c1-19(39-34(46)35-16-36(37,17-35)18-35)26-9-7-22-12-28(44(31(22)40-26)14-20-4-5-20)32-41-27-11-23(13-29(47-3)30(27)42(32)2)33(45)43-15-25(38)21-6-8-24(43)10-21/h7,9,11-13,19-21,24-25H,4-6,8,10,14-18,38H2,1-3H3,(H,39,46)/t19-,21-,24+,25+,35?,36?/m1/s1. The Morgan fingerprint density at radius 1 is 1.13 bits per heavy atom. The predicted octanol–water partition coefficient (Wildman–Crippen LogP) is 5.03. The molecule has 11 heteroatoms. The van der Waals surface area contributed by atoms with Crippen molar-refractivity contribution in [2.24, 2.45) is 30.0 Å². The lowest BCUT2D eigenvalue weighted by Gasteiger charge is -2.64. The number of hydrogen-bond donors (Lipinski definition) is 2. The number of carbonyl (C=O) groups excluding carboxylic acids is 2. The second-order valence-electron chi connectivity index (χ2n) is 15.3. The van der Waals surface area contributed by atoms with E-state index in [0.29, 0.717) is 54.5 Å². The number of hydrogen-bond acceptors (Lipinski definition) is 6. The zero-order chi connectivity index (χ0) is 32.4. The number of halogens is 1. The van der Waals surface area contributed by atoms with E-state index >= 15 is 0 Å². The fraction of sp³-hybridized carbons (Fsp3) is 0.556. The van der Waals surface area contributed by atoms with Crippen molar-refractivity contribution in [3.05, 3.63) is 41.6 Å². The third kappa shape index (κ3) is 4.44. The molecule has 10 nitrogen and oxygen atoms in total. The van der Waals surface area contributed by atoms with Gasteiger partial charge in [0.1, 0.15) is 22.6 Å². The zero-order valence-corrected chi connectivity index (χ0v) is 27.3. The van der Waals surface area contributed by atoms with Gasteiger partial charge in [-0.1, -0.05) is 0 Å². The Morgan fingerprint density at radius 2 is 1.91 bits per heavy atom. The molecule has 10 rings (SSSR count). The van der Waals surface area contributed by atoms with Crippen LogP contribution in [0.25, 0.3) is 33.6 Å². The minimum Gasteiger partial charge on any atom is -0.494 e. The number of likely N-dealkylation sites (tertiary alicyclic amines) is 1. The highest BCUT2D eigenvalue weighted by Gasteiger charge is 2.72. The summed E-state index contributed by atoms with van der Waals surface area (Å²) in [7, 11) is 3.62. The maximum Gasteiger partial charge on any atom is 0.254 e. The largest absolute Gasteiger partial charge is 0.494 e. The number of benzene rings is 1. The molecule has 1 aromatic carbocycles. The molecule has 4 bridgehead atoms. The second-order valence-corrected chi connectivity index (χ2v) is 15.3. The fourth-order valence-electron chi connectivity index (χ4n) is 9.06. The van der Waals surface area contributed by atoms with Gasteiger partial charge in [0.2, 0.25) is 5.91 Å². The topological polar surface area (TPSA) is 120 Å². The predicted molar refractivity (Wildman–Crippen MR) is 176 cm³/mol. The van der Waals surface area contributed by atoms with Gasteiger partial charge in [-0.3, -0.25) is 9.59 Å². The number of methoxy groups -OCH3 is 1. The first kappa shape index (κ1) is 29.2. The molecule has 4 aromatic rings. The summed E-state index contributed by atoms with van der Waals surface area (Å²) in [4.78, 5) is 39.1. The number of aromatic nitrogens is 4. The first-order chi connectivity index (χ1) is 22.5. The number of nitrogens with one attached hydrogen (secondary N) is 1. The number of fused-ring (bicyclic) bond motifs is 4. The van der Waals surface area contributed by atoms with Gasteiger partial charge in [-0.25, -0.2) is 14.4 Å². The molecule has 2 amide bonds. The summed E-state index contributed by atoms with van der Waals surface area (Å²) in [6.07, 6.45) is 6.43. The van der Waals surface area contributed by atoms with Gasteiger partial charge in [-0.15, -0.1) is 0 Å². The molecule has 6 fully saturated rings. The monoisotopic (exact) mass is 639 g/mol. The van der Waals surface area contributed by atoms with Crippen LogP contribution in [0.3, 0.4) is 0 Å². The highest BCUT2D eigenvalue weighted by atomic mass is 19.1. The van der Waals surface area contributed by atoms with Gasteiger partial charge < -0.3 is 29.8 Å². The Hall–Kier alpha value is -3.99. The molecule has 0 unspecified atom stereocenters. The van der Waals surface area contributed by atoms with E-state index in [-0.39, 0.29) is 29.9 Å². The highest BCUT2D eigenvalue weighted by molar-refractivity contribution is 6.00. The van der Waals surface area contributed by atoms with E-state index in [0.717, 1.165) is 59.6 Å². The van der Waals surface area contributed by atoms with E-state index in [1.807, 2.05) is 41.6 Å². The van der Waals surface area contributed by atoms with Crippen molar-refractivity contribution < 1.29 is 18.7 Å². The average molecular weight is 640 g/mol. The first-order valence-corrected chi connectivity index (χ1v) is 17.2. The molecule has 0 radical (unpaired) electrons. The Kier molecular flexibility index (Phi) is 6.21. The van der Waals surface area contributed by atoms with Crippen LogP contribution in [0.1, 0.15) is 80.4 Å². The molecule has 3 aromatic heterocycles. The fourth-order valence-corrected chi connectivity index (χ4v) is 9.06. The molecule has 0 spiro atoms. The molecule has 4 heterocycles. The van der Waals surface area contributed by atoms with Crippen LogP contribution in [-0.2, 0) is 18.4 Å². The van der Waals surface area contributed by atoms with Gasteiger partial charge >= 0.3 is 0 Å². The van der Waals surface area contributed by atoms with E-state index in [4.69, 9.17) is 20.4 Å². The lowest BCUT2D eigenvalue weighted by molar-refractivity contribution is -0.214. The van der Waals surface area contributed by atoms with Crippen molar-refractivity contribution in [1.82, 2.24) is 29.3 Å². The van der Waals surface area contributed by atoms with Crippen LogP contribution in [0, 0.1) is 17.3 Å². The van der Waals surface area contributed by atoms with E-state index in [9.17, 15) is 14.0 Å². The first-order valence-electron chi connectivity index (χ1n) is 17.2. The van der Waals surface area contributed by atoms with Crippen molar-refractivity contribution in [3.63, 3.8) is 0 Å². The lowest BCUT2D eigenvalue weighted by atomic mass is 9.42. The number of aryl methyl sites for hydroxylation is 1. The van der Waals surface area contributed by atoms with Crippen LogP contribution in [-0.4, -0.2) is 67.2 Å². The number of pyridine rings is 1. The van der Waals surface area contributed by atoms with E-state index in [1.165, 1.54) is 12.8 Å². The van der Waals surface area contributed by atoms with Gasteiger partial charge in [0.05, 0.1) is 35.5 Å². The van der Waals surface area contributed by atoms with E-state index in [2.05, 4.69) is 22.0 Å². The maximum atomic E-state index is 14.1. The molecule has 47 heavy (non-hydrogen) atoms. The number of imidazole rings is 1. The summed E-state index contributed by atoms with van der Waals surface area (Å²) in [6.45, 7) is 3.34. The zero-order valence-electron chi connectivity index (χ0n) is 27.3. The molecule has 3 N–H and O–H groups in total. The number of alkyl halides is 1. The molecule has 6 aliphatic rings. The Morgan fingerprint density at radius 3 is 2.64 bits per heavy atom. The van der Waals surface area contributed by atoms with Gasteiger partial charge in [0.15, 0.2) is 5.82 Å². The van der Waals surface area contributed by atoms with Gasteiger partial charge in [-0.05, 0) is 100 Å². The molecular formula is C36H42FN7O3. The van der Waals surface area contributed by atoms with E-state index < -0.39 is 11.1 Å². The van der Waals surface area contributed by atoms with Crippen LogP contribution < -0.4 is 15.8 Å². The number of rotatable bonds is 8. The second kappa shape index (κ2) is 10.0. The smallest absolute Gasteiger partial charge is 0.254 e. The lowest BCUT2D eigenvalue weighted by Crippen LogP contribution is -2.70. The molecular weight excluding hydrogens is 597 g/mol. The van der Waals surface area contributed by atoms with Crippen LogP contribution in [0.5, 0.6) is 5.75 Å². The van der Waals surface area contributed by atoms with E-state index in [1.54, 1.807) is 7.11 Å².